The average molecular weight is 286 g/mol. The number of carbonyl (C=O) groups excluding carboxylic acids is 1. The summed E-state index contributed by atoms with van der Waals surface area (Å²) in [6, 6.07) is 3.90. The van der Waals surface area contributed by atoms with Crippen molar-refractivity contribution >= 4 is 5.91 Å². The molecule has 0 unspecified atom stereocenters. The summed E-state index contributed by atoms with van der Waals surface area (Å²) in [4.78, 5) is 16.7. The van der Waals surface area contributed by atoms with Gasteiger partial charge in [0.1, 0.15) is 0 Å². The van der Waals surface area contributed by atoms with E-state index in [1.807, 2.05) is 19.1 Å². The van der Waals surface area contributed by atoms with Gasteiger partial charge in [-0.05, 0) is 47.9 Å². The molecule has 1 atom stereocenters. The number of carbonyl (C=O) groups is 1. The second-order valence-electron chi connectivity index (χ2n) is 5.35. The fourth-order valence-electron chi connectivity index (χ4n) is 2.60. The maximum absolute atomic E-state index is 12.4. The molecule has 0 saturated heterocycles. The molecule has 7 nitrogen and oxygen atoms in total. The Morgan fingerprint density at radius 3 is 3.24 bits per heavy atom. The number of aryl methyl sites for hydroxylation is 2. The first kappa shape index (κ1) is 13.7. The van der Waals surface area contributed by atoms with E-state index in [2.05, 4.69) is 25.8 Å². The minimum atomic E-state index is -0.271. The molecule has 0 radical (unpaired) electrons. The lowest BCUT2D eigenvalue weighted by Gasteiger charge is -2.13. The number of hydrogen-bond donors (Lipinski definition) is 1. The predicted octanol–water partition coefficient (Wildman–Crippen LogP) is 0.960. The molecule has 0 aromatic carbocycles. The van der Waals surface area contributed by atoms with Crippen LogP contribution in [-0.2, 0) is 17.9 Å². The van der Waals surface area contributed by atoms with Gasteiger partial charge in [0.25, 0.3) is 0 Å². The lowest BCUT2D eigenvalue weighted by molar-refractivity contribution is -0.123. The van der Waals surface area contributed by atoms with Crippen LogP contribution in [0.3, 0.4) is 0 Å². The Hall–Kier alpha value is -2.31. The lowest BCUT2D eigenvalue weighted by atomic mass is 10.0. The van der Waals surface area contributed by atoms with Gasteiger partial charge in [-0.3, -0.25) is 9.78 Å². The molecule has 1 N–H and O–H groups in total. The molecule has 0 saturated carbocycles. The highest BCUT2D eigenvalue weighted by Gasteiger charge is 2.28. The number of hydrogen-bond acceptors (Lipinski definition) is 5. The third kappa shape index (κ3) is 3.07. The number of pyridine rings is 1. The fraction of sp³-hybridized carbons (Fsp3) is 0.500. The minimum Gasteiger partial charge on any atom is -0.350 e. The van der Waals surface area contributed by atoms with Gasteiger partial charge in [-0.15, -0.1) is 5.10 Å². The Bertz CT molecular complexity index is 638. The molecule has 0 aliphatic carbocycles. The van der Waals surface area contributed by atoms with Crippen molar-refractivity contribution in [3.63, 3.8) is 0 Å². The van der Waals surface area contributed by atoms with E-state index in [4.69, 9.17) is 0 Å². The molecule has 1 amide bonds. The van der Waals surface area contributed by atoms with Gasteiger partial charge in [-0.1, -0.05) is 6.42 Å². The number of aromatic nitrogens is 5. The smallest absolute Gasteiger partial charge is 0.231 e. The second-order valence-corrected chi connectivity index (χ2v) is 5.35. The van der Waals surface area contributed by atoms with Crippen molar-refractivity contribution in [1.29, 1.82) is 0 Å². The SMILES string of the molecule is Cc1ccnc(CNC(=O)[C@@H]2CCCCn3nnnc32)c1. The van der Waals surface area contributed by atoms with Crippen molar-refractivity contribution in [2.75, 3.05) is 0 Å². The number of fused-ring (bicyclic) bond motifs is 1. The summed E-state index contributed by atoms with van der Waals surface area (Å²) in [5, 5.41) is 14.6. The van der Waals surface area contributed by atoms with Crippen LogP contribution in [0.15, 0.2) is 18.3 Å². The van der Waals surface area contributed by atoms with Crippen LogP contribution in [0, 0.1) is 6.92 Å². The molecule has 2 aromatic rings. The van der Waals surface area contributed by atoms with E-state index in [1.54, 1.807) is 10.9 Å². The zero-order valence-electron chi connectivity index (χ0n) is 12.0. The van der Waals surface area contributed by atoms with Crippen molar-refractivity contribution in [3.05, 3.63) is 35.4 Å². The Labute approximate surface area is 122 Å². The molecule has 1 aliphatic rings. The summed E-state index contributed by atoms with van der Waals surface area (Å²) in [6.45, 7) is 3.22. The Morgan fingerprint density at radius 1 is 1.48 bits per heavy atom. The van der Waals surface area contributed by atoms with E-state index in [0.29, 0.717) is 12.4 Å². The molecular formula is C14H18N6O. The summed E-state index contributed by atoms with van der Waals surface area (Å²) in [5.41, 5.74) is 1.99. The molecule has 0 spiro atoms. The molecular weight excluding hydrogens is 268 g/mol. The quantitative estimate of drug-likeness (QED) is 0.908. The highest BCUT2D eigenvalue weighted by atomic mass is 16.1. The topological polar surface area (TPSA) is 85.6 Å². The van der Waals surface area contributed by atoms with Crippen LogP contribution in [0.4, 0.5) is 0 Å². The minimum absolute atomic E-state index is 0.0312. The molecule has 0 bridgehead atoms. The number of rotatable bonds is 3. The van der Waals surface area contributed by atoms with E-state index in [-0.39, 0.29) is 11.8 Å². The van der Waals surface area contributed by atoms with Gasteiger partial charge in [0.05, 0.1) is 18.2 Å². The van der Waals surface area contributed by atoms with E-state index in [9.17, 15) is 4.79 Å². The van der Waals surface area contributed by atoms with Crippen molar-refractivity contribution in [1.82, 2.24) is 30.5 Å². The van der Waals surface area contributed by atoms with Crippen LogP contribution in [0.25, 0.3) is 0 Å². The maximum atomic E-state index is 12.4. The maximum Gasteiger partial charge on any atom is 0.231 e. The molecule has 21 heavy (non-hydrogen) atoms. The third-order valence-electron chi connectivity index (χ3n) is 3.72. The zero-order chi connectivity index (χ0) is 14.7. The zero-order valence-corrected chi connectivity index (χ0v) is 12.0. The van der Waals surface area contributed by atoms with Crippen molar-refractivity contribution in [2.24, 2.45) is 0 Å². The Kier molecular flexibility index (Phi) is 3.89. The summed E-state index contributed by atoms with van der Waals surface area (Å²) in [6.07, 6.45) is 4.53. The third-order valence-corrected chi connectivity index (χ3v) is 3.72. The van der Waals surface area contributed by atoms with Gasteiger partial charge >= 0.3 is 0 Å². The standard InChI is InChI=1S/C14H18N6O/c1-10-5-6-15-11(8-10)9-16-14(21)12-4-2-3-7-20-13(12)17-18-19-20/h5-6,8,12H,2-4,7,9H2,1H3,(H,16,21)/t12-/m1/s1. The molecule has 110 valence electrons. The summed E-state index contributed by atoms with van der Waals surface area (Å²) in [7, 11) is 0. The van der Waals surface area contributed by atoms with E-state index in [1.165, 1.54) is 0 Å². The molecule has 3 rings (SSSR count). The number of nitrogens with zero attached hydrogens (tertiary/aromatic N) is 5. The van der Waals surface area contributed by atoms with Gasteiger partial charge in [0.2, 0.25) is 5.91 Å². The van der Waals surface area contributed by atoms with Crippen molar-refractivity contribution in [3.8, 4) is 0 Å². The van der Waals surface area contributed by atoms with Crippen LogP contribution in [0.5, 0.6) is 0 Å². The fourth-order valence-corrected chi connectivity index (χ4v) is 2.60. The first-order chi connectivity index (χ1) is 10.2. The molecule has 3 heterocycles. The average Bonchev–Trinajstić information content (AvgIpc) is 2.84. The van der Waals surface area contributed by atoms with E-state index in [0.717, 1.165) is 37.1 Å². The van der Waals surface area contributed by atoms with Crippen LogP contribution < -0.4 is 5.32 Å². The van der Waals surface area contributed by atoms with Gasteiger partial charge in [0.15, 0.2) is 5.82 Å². The van der Waals surface area contributed by atoms with Crippen molar-refractivity contribution in [2.45, 2.75) is 45.2 Å². The molecule has 2 aromatic heterocycles. The second kappa shape index (κ2) is 5.99. The highest BCUT2D eigenvalue weighted by molar-refractivity contribution is 5.82. The predicted molar refractivity (Wildman–Crippen MR) is 75.2 cm³/mol. The van der Waals surface area contributed by atoms with Gasteiger partial charge in [-0.2, -0.15) is 0 Å². The normalized spacial score (nSPS) is 17.9. The van der Waals surface area contributed by atoms with Crippen molar-refractivity contribution < 1.29 is 4.79 Å². The van der Waals surface area contributed by atoms with Gasteiger partial charge < -0.3 is 5.32 Å². The monoisotopic (exact) mass is 286 g/mol. The van der Waals surface area contributed by atoms with Crippen LogP contribution in [0.1, 0.15) is 42.3 Å². The van der Waals surface area contributed by atoms with Crippen LogP contribution in [-0.4, -0.2) is 31.1 Å². The largest absolute Gasteiger partial charge is 0.350 e. The molecule has 0 fully saturated rings. The summed E-state index contributed by atoms with van der Waals surface area (Å²) < 4.78 is 1.74. The Balaban J connectivity index is 1.68. The molecule has 1 aliphatic heterocycles. The summed E-state index contributed by atoms with van der Waals surface area (Å²) in [5.74, 6) is 0.366. The number of nitrogens with one attached hydrogen (secondary N) is 1. The number of amides is 1. The van der Waals surface area contributed by atoms with Crippen LogP contribution in [0.2, 0.25) is 0 Å². The van der Waals surface area contributed by atoms with Crippen LogP contribution >= 0.6 is 0 Å². The first-order valence-corrected chi connectivity index (χ1v) is 7.19. The Morgan fingerprint density at radius 2 is 2.38 bits per heavy atom. The first-order valence-electron chi connectivity index (χ1n) is 7.19. The van der Waals surface area contributed by atoms with Gasteiger partial charge in [-0.25, -0.2) is 4.68 Å². The summed E-state index contributed by atoms with van der Waals surface area (Å²) >= 11 is 0. The number of tetrazole rings is 1. The van der Waals surface area contributed by atoms with E-state index >= 15 is 0 Å². The molecule has 7 heteroatoms. The van der Waals surface area contributed by atoms with E-state index < -0.39 is 0 Å². The highest BCUT2D eigenvalue weighted by Crippen LogP contribution is 2.23. The lowest BCUT2D eigenvalue weighted by Crippen LogP contribution is -2.30. The van der Waals surface area contributed by atoms with Gasteiger partial charge in [0, 0.05) is 12.7 Å².